The van der Waals surface area contributed by atoms with Gasteiger partial charge in [0, 0.05) is 12.6 Å². The standard InChI is InChI=1S/C13H30N2/c1-6-9-12(4)10-14-13(5)11-15(7-2)8-3/h12-14H,6-11H2,1-5H3. The average Bonchev–Trinajstić information content (AvgIpc) is 2.23. The van der Waals surface area contributed by atoms with Gasteiger partial charge in [-0.05, 0) is 38.9 Å². The fourth-order valence-electron chi connectivity index (χ4n) is 1.93. The molecular formula is C13H30N2. The van der Waals surface area contributed by atoms with E-state index in [0.717, 1.165) is 25.6 Å². The molecule has 15 heavy (non-hydrogen) atoms. The summed E-state index contributed by atoms with van der Waals surface area (Å²) in [4.78, 5) is 2.47. The van der Waals surface area contributed by atoms with Gasteiger partial charge in [0.25, 0.3) is 0 Å². The van der Waals surface area contributed by atoms with E-state index < -0.39 is 0 Å². The van der Waals surface area contributed by atoms with E-state index in [-0.39, 0.29) is 0 Å². The molecule has 0 fully saturated rings. The molecule has 0 bridgehead atoms. The molecule has 2 nitrogen and oxygen atoms in total. The van der Waals surface area contributed by atoms with Crippen molar-refractivity contribution in [3.8, 4) is 0 Å². The Bertz CT molecular complexity index is 132. The van der Waals surface area contributed by atoms with Gasteiger partial charge in [0.05, 0.1) is 0 Å². The van der Waals surface area contributed by atoms with Crippen molar-refractivity contribution in [3.63, 3.8) is 0 Å². The molecule has 0 aromatic rings. The summed E-state index contributed by atoms with van der Waals surface area (Å²) in [6.45, 7) is 16.0. The van der Waals surface area contributed by atoms with Gasteiger partial charge in [0.15, 0.2) is 0 Å². The lowest BCUT2D eigenvalue weighted by atomic mass is 10.1. The molecule has 0 rings (SSSR count). The summed E-state index contributed by atoms with van der Waals surface area (Å²) in [7, 11) is 0. The highest BCUT2D eigenvalue weighted by Crippen LogP contribution is 2.03. The van der Waals surface area contributed by atoms with E-state index in [0.29, 0.717) is 6.04 Å². The van der Waals surface area contributed by atoms with Crippen LogP contribution in [0.5, 0.6) is 0 Å². The molecule has 0 radical (unpaired) electrons. The number of nitrogens with one attached hydrogen (secondary N) is 1. The summed E-state index contributed by atoms with van der Waals surface area (Å²) in [5.74, 6) is 0.814. The van der Waals surface area contributed by atoms with Gasteiger partial charge in [-0.1, -0.05) is 34.1 Å². The van der Waals surface area contributed by atoms with E-state index in [1.165, 1.54) is 19.4 Å². The van der Waals surface area contributed by atoms with Crippen molar-refractivity contribution in [1.29, 1.82) is 0 Å². The third kappa shape index (κ3) is 7.80. The maximum absolute atomic E-state index is 3.62. The Labute approximate surface area is 96.4 Å². The topological polar surface area (TPSA) is 15.3 Å². The Hall–Kier alpha value is -0.0800. The first-order valence-electron chi connectivity index (χ1n) is 6.59. The fraction of sp³-hybridized carbons (Fsp3) is 1.00. The van der Waals surface area contributed by atoms with Crippen LogP contribution >= 0.6 is 0 Å². The highest BCUT2D eigenvalue weighted by Gasteiger charge is 2.07. The van der Waals surface area contributed by atoms with Crippen LogP contribution in [0.4, 0.5) is 0 Å². The first kappa shape index (κ1) is 14.9. The zero-order chi connectivity index (χ0) is 11.7. The minimum absolute atomic E-state index is 0.615. The van der Waals surface area contributed by atoms with Crippen LogP contribution in [0.2, 0.25) is 0 Å². The van der Waals surface area contributed by atoms with Crippen LogP contribution in [0.3, 0.4) is 0 Å². The van der Waals surface area contributed by atoms with Crippen LogP contribution in [-0.2, 0) is 0 Å². The number of rotatable bonds is 9. The van der Waals surface area contributed by atoms with Gasteiger partial charge in [-0.2, -0.15) is 0 Å². The van der Waals surface area contributed by atoms with E-state index >= 15 is 0 Å². The molecule has 2 heteroatoms. The van der Waals surface area contributed by atoms with Crippen molar-refractivity contribution in [2.45, 2.75) is 53.5 Å². The van der Waals surface area contributed by atoms with E-state index in [2.05, 4.69) is 44.8 Å². The summed E-state index contributed by atoms with van der Waals surface area (Å²) < 4.78 is 0. The quantitative estimate of drug-likeness (QED) is 0.635. The molecule has 0 amide bonds. The van der Waals surface area contributed by atoms with Crippen LogP contribution in [0.15, 0.2) is 0 Å². The van der Waals surface area contributed by atoms with Crippen molar-refractivity contribution in [2.75, 3.05) is 26.2 Å². The van der Waals surface area contributed by atoms with Crippen LogP contribution in [0, 0.1) is 5.92 Å². The van der Waals surface area contributed by atoms with E-state index in [9.17, 15) is 0 Å². The average molecular weight is 214 g/mol. The number of hydrogen-bond donors (Lipinski definition) is 1. The number of hydrogen-bond acceptors (Lipinski definition) is 2. The van der Waals surface area contributed by atoms with Crippen LogP contribution < -0.4 is 5.32 Å². The van der Waals surface area contributed by atoms with Gasteiger partial charge in [0.1, 0.15) is 0 Å². The van der Waals surface area contributed by atoms with E-state index in [1.807, 2.05) is 0 Å². The Morgan fingerprint density at radius 2 is 1.67 bits per heavy atom. The highest BCUT2D eigenvalue weighted by molar-refractivity contribution is 4.67. The molecule has 0 saturated heterocycles. The molecular weight excluding hydrogens is 184 g/mol. The summed E-state index contributed by atoms with van der Waals surface area (Å²) in [6.07, 6.45) is 2.64. The molecule has 0 spiro atoms. The van der Waals surface area contributed by atoms with Gasteiger partial charge in [-0.3, -0.25) is 0 Å². The predicted molar refractivity (Wildman–Crippen MR) is 69.3 cm³/mol. The predicted octanol–water partition coefficient (Wildman–Crippen LogP) is 2.74. The first-order chi connectivity index (χ1) is 7.13. The van der Waals surface area contributed by atoms with Gasteiger partial charge < -0.3 is 10.2 Å². The largest absolute Gasteiger partial charge is 0.313 e. The molecule has 0 aromatic heterocycles. The number of nitrogens with zero attached hydrogens (tertiary/aromatic N) is 1. The zero-order valence-electron chi connectivity index (χ0n) is 11.3. The minimum Gasteiger partial charge on any atom is -0.313 e. The van der Waals surface area contributed by atoms with Crippen molar-refractivity contribution in [3.05, 3.63) is 0 Å². The molecule has 1 N–H and O–H groups in total. The molecule has 92 valence electrons. The molecule has 2 unspecified atom stereocenters. The normalized spacial score (nSPS) is 15.6. The number of likely N-dealkylation sites (N-methyl/N-ethyl adjacent to an activating group) is 1. The molecule has 0 aromatic carbocycles. The van der Waals surface area contributed by atoms with Gasteiger partial charge in [0.2, 0.25) is 0 Å². The van der Waals surface area contributed by atoms with Crippen molar-refractivity contribution in [2.24, 2.45) is 5.92 Å². The van der Waals surface area contributed by atoms with E-state index in [1.54, 1.807) is 0 Å². The summed E-state index contributed by atoms with van der Waals surface area (Å²) >= 11 is 0. The monoisotopic (exact) mass is 214 g/mol. The highest BCUT2D eigenvalue weighted by atomic mass is 15.1. The third-order valence-corrected chi connectivity index (χ3v) is 3.02. The van der Waals surface area contributed by atoms with Crippen LogP contribution in [0.1, 0.15) is 47.5 Å². The lowest BCUT2D eigenvalue weighted by molar-refractivity contribution is 0.266. The lowest BCUT2D eigenvalue weighted by Gasteiger charge is -2.24. The van der Waals surface area contributed by atoms with Crippen molar-refractivity contribution in [1.82, 2.24) is 10.2 Å². The zero-order valence-corrected chi connectivity index (χ0v) is 11.3. The lowest BCUT2D eigenvalue weighted by Crippen LogP contribution is -2.40. The molecule has 0 aliphatic rings. The SMILES string of the molecule is CCCC(C)CNC(C)CN(CC)CC. The van der Waals surface area contributed by atoms with Crippen LogP contribution in [-0.4, -0.2) is 37.1 Å². The first-order valence-corrected chi connectivity index (χ1v) is 6.59. The Morgan fingerprint density at radius 1 is 1.07 bits per heavy atom. The smallest absolute Gasteiger partial charge is 0.0166 e. The second kappa shape index (κ2) is 9.17. The molecule has 0 aliphatic carbocycles. The Balaban J connectivity index is 3.59. The maximum Gasteiger partial charge on any atom is 0.0166 e. The molecule has 0 aliphatic heterocycles. The van der Waals surface area contributed by atoms with E-state index in [4.69, 9.17) is 0 Å². The summed E-state index contributed by atoms with van der Waals surface area (Å²) in [5, 5.41) is 3.62. The second-order valence-electron chi connectivity index (χ2n) is 4.69. The third-order valence-electron chi connectivity index (χ3n) is 3.02. The van der Waals surface area contributed by atoms with Crippen LogP contribution in [0.25, 0.3) is 0 Å². The molecule has 0 saturated carbocycles. The van der Waals surface area contributed by atoms with Gasteiger partial charge >= 0.3 is 0 Å². The van der Waals surface area contributed by atoms with Gasteiger partial charge in [-0.15, -0.1) is 0 Å². The second-order valence-corrected chi connectivity index (χ2v) is 4.69. The van der Waals surface area contributed by atoms with Gasteiger partial charge in [-0.25, -0.2) is 0 Å². The van der Waals surface area contributed by atoms with Crippen molar-refractivity contribution < 1.29 is 0 Å². The molecule has 2 atom stereocenters. The maximum atomic E-state index is 3.62. The minimum atomic E-state index is 0.615. The fourth-order valence-corrected chi connectivity index (χ4v) is 1.93. The Kier molecular flexibility index (Phi) is 9.12. The Morgan fingerprint density at radius 3 is 2.13 bits per heavy atom. The van der Waals surface area contributed by atoms with Crippen molar-refractivity contribution >= 4 is 0 Å². The summed E-state index contributed by atoms with van der Waals surface area (Å²) in [6, 6.07) is 0.615. The molecule has 0 heterocycles. The summed E-state index contributed by atoms with van der Waals surface area (Å²) in [5.41, 5.74) is 0.